The van der Waals surface area contributed by atoms with Crippen LogP contribution in [0.4, 0.5) is 0 Å². The minimum atomic E-state index is -0.0669. The number of nitrogens with one attached hydrogen (secondary N) is 1. The van der Waals surface area contributed by atoms with Gasteiger partial charge in [0.25, 0.3) is 0 Å². The Bertz CT molecular complexity index is 619. The summed E-state index contributed by atoms with van der Waals surface area (Å²) in [5.41, 5.74) is 2.75. The quantitative estimate of drug-likeness (QED) is 0.915. The van der Waals surface area contributed by atoms with Gasteiger partial charge in [-0.25, -0.2) is 0 Å². The van der Waals surface area contributed by atoms with Crippen molar-refractivity contribution in [1.82, 2.24) is 15.1 Å². The third-order valence-electron chi connectivity index (χ3n) is 3.09. The van der Waals surface area contributed by atoms with Gasteiger partial charge in [0.1, 0.15) is 0 Å². The maximum absolute atomic E-state index is 11.9. The lowest BCUT2D eigenvalue weighted by Gasteiger charge is -2.08. The molecule has 1 aromatic heterocycles. The van der Waals surface area contributed by atoms with Crippen LogP contribution in [0.3, 0.4) is 0 Å². The highest BCUT2D eigenvalue weighted by Crippen LogP contribution is 2.20. The number of aromatic nitrogens is 2. The molecule has 2 rings (SSSR count). The molecule has 0 saturated heterocycles. The van der Waals surface area contributed by atoms with Crippen LogP contribution in [0, 0.1) is 6.92 Å². The third-order valence-corrected chi connectivity index (χ3v) is 3.68. The van der Waals surface area contributed by atoms with E-state index in [1.807, 2.05) is 27.8 Å². The van der Waals surface area contributed by atoms with Gasteiger partial charge in [0, 0.05) is 23.6 Å². The molecule has 0 saturated carbocycles. The van der Waals surface area contributed by atoms with E-state index in [4.69, 9.17) is 23.2 Å². The number of halogens is 2. The van der Waals surface area contributed by atoms with Gasteiger partial charge >= 0.3 is 0 Å². The van der Waals surface area contributed by atoms with Gasteiger partial charge in [0.05, 0.1) is 18.3 Å². The van der Waals surface area contributed by atoms with Crippen LogP contribution in [0.25, 0.3) is 0 Å². The Balaban J connectivity index is 0.00000116. The molecular weight excluding hydrogens is 321 g/mol. The molecule has 1 heterocycles. The number of carbonyl (C=O) groups is 1. The second-order valence-electron chi connectivity index (χ2n) is 4.59. The minimum absolute atomic E-state index is 0.0669. The Morgan fingerprint density at radius 2 is 2.00 bits per heavy atom. The number of hydrogen-bond donors (Lipinski definition) is 1. The number of benzene rings is 1. The maximum Gasteiger partial charge on any atom is 0.226 e. The van der Waals surface area contributed by atoms with E-state index in [9.17, 15) is 4.79 Å². The van der Waals surface area contributed by atoms with Crippen molar-refractivity contribution in [3.05, 3.63) is 51.3 Å². The van der Waals surface area contributed by atoms with Crippen molar-refractivity contribution in [2.45, 2.75) is 33.7 Å². The molecule has 0 radical (unpaired) electrons. The van der Waals surface area contributed by atoms with Gasteiger partial charge < -0.3 is 5.32 Å². The molecule has 0 bridgehead atoms. The Hall–Kier alpha value is -1.52. The molecule has 0 unspecified atom stereocenters. The summed E-state index contributed by atoms with van der Waals surface area (Å²) in [4.78, 5) is 11.9. The summed E-state index contributed by atoms with van der Waals surface area (Å²) in [5.74, 6) is -0.0669. The number of nitrogens with zero attached hydrogens (tertiary/aromatic N) is 2. The molecule has 1 N–H and O–H groups in total. The van der Waals surface area contributed by atoms with E-state index >= 15 is 0 Å². The van der Waals surface area contributed by atoms with E-state index in [0.29, 0.717) is 23.0 Å². The summed E-state index contributed by atoms with van der Waals surface area (Å²) in [7, 11) is 1.83. The maximum atomic E-state index is 11.9. The molecule has 6 heteroatoms. The fourth-order valence-corrected chi connectivity index (χ4v) is 2.38. The predicted octanol–water partition coefficient (Wildman–Crippen LogP) is 3.92. The molecule has 4 nitrogen and oxygen atoms in total. The molecule has 0 spiro atoms. The van der Waals surface area contributed by atoms with Crippen LogP contribution < -0.4 is 5.32 Å². The lowest BCUT2D eigenvalue weighted by atomic mass is 10.2. The number of aryl methyl sites for hydroxylation is 2. The molecule has 120 valence electrons. The summed E-state index contributed by atoms with van der Waals surface area (Å²) >= 11 is 11.9. The van der Waals surface area contributed by atoms with Gasteiger partial charge in [-0.1, -0.05) is 43.1 Å². The lowest BCUT2D eigenvalue weighted by Crippen LogP contribution is -2.25. The zero-order chi connectivity index (χ0) is 16.7. The number of amides is 1. The van der Waals surface area contributed by atoms with Crippen molar-refractivity contribution in [2.24, 2.45) is 7.05 Å². The first-order chi connectivity index (χ1) is 10.5. The van der Waals surface area contributed by atoms with Gasteiger partial charge in [-0.05, 0) is 30.2 Å². The molecule has 0 fully saturated rings. The fourth-order valence-electron chi connectivity index (χ4n) is 1.90. The molecular formula is C16H21Cl2N3O. The van der Waals surface area contributed by atoms with Gasteiger partial charge in [-0.15, -0.1) is 0 Å². The van der Waals surface area contributed by atoms with E-state index in [0.717, 1.165) is 16.8 Å². The summed E-state index contributed by atoms with van der Waals surface area (Å²) in [6.45, 7) is 6.32. The molecule has 22 heavy (non-hydrogen) atoms. The third kappa shape index (κ3) is 5.04. The zero-order valence-electron chi connectivity index (χ0n) is 13.3. The molecule has 0 aliphatic heterocycles. The van der Waals surface area contributed by atoms with Crippen LogP contribution in [0.2, 0.25) is 10.0 Å². The molecule has 1 aromatic carbocycles. The molecule has 0 aliphatic rings. The first kappa shape index (κ1) is 18.5. The zero-order valence-corrected chi connectivity index (χ0v) is 14.8. The first-order valence-electron chi connectivity index (χ1n) is 7.15. The first-order valence-corrected chi connectivity index (χ1v) is 7.91. The highest BCUT2D eigenvalue weighted by atomic mass is 35.5. The summed E-state index contributed by atoms with van der Waals surface area (Å²) < 4.78 is 1.71. The average Bonchev–Trinajstić information content (AvgIpc) is 2.80. The highest BCUT2D eigenvalue weighted by Gasteiger charge is 2.10. The largest absolute Gasteiger partial charge is 0.352 e. The SMILES string of the molecule is CC.Cc1cnn(C)c1CC(=O)NCc1ccc(Cl)cc1Cl. The Morgan fingerprint density at radius 3 is 2.55 bits per heavy atom. The fraction of sp³-hybridized carbons (Fsp3) is 0.375. The van der Waals surface area contributed by atoms with Crippen LogP contribution in [0.1, 0.15) is 30.7 Å². The van der Waals surface area contributed by atoms with Crippen molar-refractivity contribution in [3.63, 3.8) is 0 Å². The Kier molecular flexibility index (Phi) is 7.42. The highest BCUT2D eigenvalue weighted by molar-refractivity contribution is 6.35. The summed E-state index contributed by atoms with van der Waals surface area (Å²) in [6.07, 6.45) is 2.05. The van der Waals surface area contributed by atoms with E-state index in [1.54, 1.807) is 29.1 Å². The topological polar surface area (TPSA) is 46.9 Å². The van der Waals surface area contributed by atoms with Crippen LogP contribution in [-0.4, -0.2) is 15.7 Å². The molecule has 2 aromatic rings. The van der Waals surface area contributed by atoms with E-state index in [1.165, 1.54) is 0 Å². The smallest absolute Gasteiger partial charge is 0.226 e. The van der Waals surface area contributed by atoms with Crippen molar-refractivity contribution in [1.29, 1.82) is 0 Å². The van der Waals surface area contributed by atoms with E-state index < -0.39 is 0 Å². The van der Waals surface area contributed by atoms with Gasteiger partial charge in [-0.3, -0.25) is 9.48 Å². The van der Waals surface area contributed by atoms with Crippen LogP contribution in [0.15, 0.2) is 24.4 Å². The Morgan fingerprint density at radius 1 is 1.32 bits per heavy atom. The lowest BCUT2D eigenvalue weighted by molar-refractivity contribution is -0.120. The van der Waals surface area contributed by atoms with E-state index in [2.05, 4.69) is 10.4 Å². The number of rotatable bonds is 4. The van der Waals surface area contributed by atoms with Gasteiger partial charge in [0.2, 0.25) is 5.91 Å². The van der Waals surface area contributed by atoms with Crippen LogP contribution >= 0.6 is 23.2 Å². The molecule has 1 amide bonds. The predicted molar refractivity (Wildman–Crippen MR) is 91.3 cm³/mol. The van der Waals surface area contributed by atoms with E-state index in [-0.39, 0.29) is 5.91 Å². The molecule has 0 atom stereocenters. The van der Waals surface area contributed by atoms with Gasteiger partial charge in [0.15, 0.2) is 0 Å². The van der Waals surface area contributed by atoms with Crippen LogP contribution in [0.5, 0.6) is 0 Å². The summed E-state index contributed by atoms with van der Waals surface area (Å²) in [6, 6.07) is 5.22. The van der Waals surface area contributed by atoms with Crippen molar-refractivity contribution < 1.29 is 4.79 Å². The average molecular weight is 342 g/mol. The van der Waals surface area contributed by atoms with Crippen molar-refractivity contribution in [2.75, 3.05) is 0 Å². The molecule has 0 aliphatic carbocycles. The normalized spacial score (nSPS) is 9.91. The summed E-state index contributed by atoms with van der Waals surface area (Å²) in [5, 5.41) is 8.09. The number of carbonyl (C=O) groups excluding carboxylic acids is 1. The standard InChI is InChI=1S/C14H15Cl2N3O.C2H6/c1-9-7-18-19(2)13(9)6-14(20)17-8-10-3-4-11(15)5-12(10)16;1-2/h3-5,7H,6,8H2,1-2H3,(H,17,20);1-2H3. The monoisotopic (exact) mass is 341 g/mol. The van der Waals surface area contributed by atoms with Gasteiger partial charge in [-0.2, -0.15) is 5.10 Å². The second kappa shape index (κ2) is 8.81. The Labute approximate surface area is 141 Å². The minimum Gasteiger partial charge on any atom is -0.352 e. The number of hydrogen-bond acceptors (Lipinski definition) is 2. The second-order valence-corrected chi connectivity index (χ2v) is 5.43. The van der Waals surface area contributed by atoms with Crippen LogP contribution in [-0.2, 0) is 24.8 Å². The van der Waals surface area contributed by atoms with Crippen molar-refractivity contribution in [3.8, 4) is 0 Å². The van der Waals surface area contributed by atoms with Crippen molar-refractivity contribution >= 4 is 29.1 Å².